The molecular weight excluding hydrogens is 326 g/mol. The van der Waals surface area contributed by atoms with E-state index < -0.39 is 0 Å². The van der Waals surface area contributed by atoms with Crippen LogP contribution in [0.25, 0.3) is 10.2 Å². The summed E-state index contributed by atoms with van der Waals surface area (Å²) >= 11 is 3.33. The van der Waals surface area contributed by atoms with Crippen molar-refractivity contribution >= 4 is 39.2 Å². The van der Waals surface area contributed by atoms with Crippen molar-refractivity contribution < 1.29 is 4.79 Å². The molecule has 0 saturated heterocycles. The van der Waals surface area contributed by atoms with E-state index >= 15 is 0 Å². The third-order valence-electron chi connectivity index (χ3n) is 3.97. The Kier molecular flexibility index (Phi) is 5.02. The lowest BCUT2D eigenvalue weighted by Crippen LogP contribution is -2.30. The van der Waals surface area contributed by atoms with Gasteiger partial charge in [-0.3, -0.25) is 4.79 Å². The molecule has 0 unspecified atom stereocenters. The monoisotopic (exact) mass is 347 g/mol. The summed E-state index contributed by atoms with van der Waals surface area (Å²) in [6.45, 7) is 7.97. The van der Waals surface area contributed by atoms with E-state index in [2.05, 4.69) is 21.9 Å². The number of fused-ring (bicyclic) bond motifs is 3. The van der Waals surface area contributed by atoms with Crippen LogP contribution in [0.5, 0.6) is 0 Å². The maximum absolute atomic E-state index is 12.1. The zero-order valence-corrected chi connectivity index (χ0v) is 15.1. The van der Waals surface area contributed by atoms with Crippen molar-refractivity contribution in [1.82, 2.24) is 15.3 Å². The standard InChI is InChI=1S/C17H21N3OS2/c1-4-9-18-15(21)10(2)22-16-14-12-7-5-6-8-13(12)23-17(14)20-11(3)19-16/h4,10H,1,5-9H2,2-3H3,(H,18,21)/t10-/m1/s1. The average Bonchev–Trinajstić information content (AvgIpc) is 2.90. The largest absolute Gasteiger partial charge is 0.352 e. The van der Waals surface area contributed by atoms with Crippen LogP contribution in [0.3, 0.4) is 0 Å². The Hall–Kier alpha value is -1.40. The predicted octanol–water partition coefficient (Wildman–Crippen LogP) is 3.66. The van der Waals surface area contributed by atoms with Gasteiger partial charge in [-0.25, -0.2) is 9.97 Å². The van der Waals surface area contributed by atoms with Gasteiger partial charge in [0.15, 0.2) is 0 Å². The van der Waals surface area contributed by atoms with E-state index in [-0.39, 0.29) is 11.2 Å². The van der Waals surface area contributed by atoms with Gasteiger partial charge >= 0.3 is 0 Å². The van der Waals surface area contributed by atoms with Gasteiger partial charge in [-0.2, -0.15) is 0 Å². The summed E-state index contributed by atoms with van der Waals surface area (Å²) in [5.41, 5.74) is 1.41. The molecule has 0 saturated carbocycles. The topological polar surface area (TPSA) is 54.9 Å². The van der Waals surface area contributed by atoms with Crippen LogP contribution < -0.4 is 5.32 Å². The molecule has 0 aliphatic heterocycles. The molecule has 0 aromatic carbocycles. The zero-order valence-electron chi connectivity index (χ0n) is 13.5. The average molecular weight is 348 g/mol. The second-order valence-corrected chi connectivity index (χ2v) is 8.17. The summed E-state index contributed by atoms with van der Waals surface area (Å²) in [5, 5.41) is 4.80. The highest BCUT2D eigenvalue weighted by atomic mass is 32.2. The van der Waals surface area contributed by atoms with Crippen LogP contribution in [-0.2, 0) is 17.6 Å². The summed E-state index contributed by atoms with van der Waals surface area (Å²) in [5.74, 6) is 0.792. The van der Waals surface area contributed by atoms with E-state index in [0.29, 0.717) is 6.54 Å². The maximum Gasteiger partial charge on any atom is 0.233 e. The summed E-state index contributed by atoms with van der Waals surface area (Å²) in [4.78, 5) is 23.9. The number of aromatic nitrogens is 2. The van der Waals surface area contributed by atoms with Crippen LogP contribution >= 0.6 is 23.1 Å². The van der Waals surface area contributed by atoms with Crippen molar-refractivity contribution in [3.63, 3.8) is 0 Å². The number of hydrogen-bond acceptors (Lipinski definition) is 5. The lowest BCUT2D eigenvalue weighted by molar-refractivity contribution is -0.120. The number of aryl methyl sites for hydroxylation is 3. The van der Waals surface area contributed by atoms with Gasteiger partial charge in [0.05, 0.1) is 5.25 Å². The quantitative estimate of drug-likeness (QED) is 0.509. The van der Waals surface area contributed by atoms with Crippen LogP contribution in [0.4, 0.5) is 0 Å². The minimum absolute atomic E-state index is 0.0170. The Morgan fingerprint density at radius 1 is 1.43 bits per heavy atom. The Morgan fingerprint density at radius 2 is 2.22 bits per heavy atom. The van der Waals surface area contributed by atoms with Crippen LogP contribution in [0.15, 0.2) is 17.7 Å². The molecule has 2 heterocycles. The van der Waals surface area contributed by atoms with Crippen molar-refractivity contribution in [1.29, 1.82) is 0 Å². The van der Waals surface area contributed by atoms with Crippen molar-refractivity contribution in [2.24, 2.45) is 0 Å². The first-order valence-corrected chi connectivity index (χ1v) is 9.64. The third-order valence-corrected chi connectivity index (χ3v) is 6.24. The second kappa shape index (κ2) is 7.01. The molecule has 0 fully saturated rings. The number of rotatable bonds is 5. The van der Waals surface area contributed by atoms with Gasteiger partial charge in [-0.1, -0.05) is 17.8 Å². The molecule has 1 aliphatic rings. The van der Waals surface area contributed by atoms with E-state index in [4.69, 9.17) is 0 Å². The first-order valence-electron chi connectivity index (χ1n) is 7.94. The molecular formula is C17H21N3OS2. The molecule has 2 aromatic heterocycles. The highest BCUT2D eigenvalue weighted by Crippen LogP contribution is 2.40. The lowest BCUT2D eigenvalue weighted by Gasteiger charge is -2.14. The predicted molar refractivity (Wildman–Crippen MR) is 97.3 cm³/mol. The van der Waals surface area contributed by atoms with Gasteiger partial charge < -0.3 is 5.32 Å². The first kappa shape index (κ1) is 16.5. The summed E-state index contributed by atoms with van der Waals surface area (Å²) < 4.78 is 0. The zero-order chi connectivity index (χ0) is 16.4. The van der Waals surface area contributed by atoms with E-state index in [1.807, 2.05) is 13.8 Å². The molecule has 6 heteroatoms. The van der Waals surface area contributed by atoms with Gasteiger partial charge in [0, 0.05) is 16.8 Å². The Bertz CT molecular complexity index is 754. The van der Waals surface area contributed by atoms with Crippen LogP contribution in [-0.4, -0.2) is 27.7 Å². The molecule has 1 N–H and O–H groups in total. The Morgan fingerprint density at radius 3 is 3.00 bits per heavy atom. The summed E-state index contributed by atoms with van der Waals surface area (Å²) in [6.07, 6.45) is 6.43. The molecule has 1 aliphatic carbocycles. The lowest BCUT2D eigenvalue weighted by atomic mass is 9.97. The highest BCUT2D eigenvalue weighted by molar-refractivity contribution is 8.00. The fourth-order valence-corrected chi connectivity index (χ4v) is 5.27. The number of carbonyl (C=O) groups is 1. The number of thiophene rings is 1. The fourth-order valence-electron chi connectivity index (χ4n) is 2.85. The van der Waals surface area contributed by atoms with E-state index in [0.717, 1.165) is 28.5 Å². The fraction of sp³-hybridized carbons (Fsp3) is 0.471. The molecule has 1 amide bonds. The van der Waals surface area contributed by atoms with Crippen molar-refractivity contribution in [2.45, 2.75) is 49.8 Å². The van der Waals surface area contributed by atoms with Crippen LogP contribution in [0, 0.1) is 6.92 Å². The summed E-state index contributed by atoms with van der Waals surface area (Å²) in [7, 11) is 0. The van der Waals surface area contributed by atoms with Gasteiger partial charge in [0.2, 0.25) is 5.91 Å². The smallest absolute Gasteiger partial charge is 0.233 e. The van der Waals surface area contributed by atoms with Crippen molar-refractivity contribution in [3.8, 4) is 0 Å². The minimum Gasteiger partial charge on any atom is -0.352 e. The third kappa shape index (κ3) is 3.43. The number of nitrogens with one attached hydrogen (secondary N) is 1. The molecule has 0 radical (unpaired) electrons. The number of hydrogen-bond donors (Lipinski definition) is 1. The molecule has 4 nitrogen and oxygen atoms in total. The molecule has 23 heavy (non-hydrogen) atoms. The summed E-state index contributed by atoms with van der Waals surface area (Å²) in [6, 6.07) is 0. The van der Waals surface area contributed by atoms with E-state index in [1.54, 1.807) is 17.4 Å². The molecule has 0 spiro atoms. The van der Waals surface area contributed by atoms with Gasteiger partial charge in [0.1, 0.15) is 15.7 Å². The second-order valence-electron chi connectivity index (χ2n) is 5.76. The normalized spacial score (nSPS) is 15.2. The SMILES string of the molecule is C=CCNC(=O)[C@@H](C)Sc1nc(C)nc2sc3c(c12)CCCC3. The number of thioether (sulfide) groups is 1. The molecule has 122 valence electrons. The van der Waals surface area contributed by atoms with E-state index in [9.17, 15) is 4.79 Å². The van der Waals surface area contributed by atoms with Crippen molar-refractivity contribution in [2.75, 3.05) is 6.54 Å². The van der Waals surface area contributed by atoms with Crippen LogP contribution in [0.2, 0.25) is 0 Å². The number of carbonyl (C=O) groups excluding carboxylic acids is 1. The van der Waals surface area contributed by atoms with Gasteiger partial charge in [0.25, 0.3) is 0 Å². The number of nitrogens with zero attached hydrogens (tertiary/aromatic N) is 2. The number of amides is 1. The van der Waals surface area contributed by atoms with E-state index in [1.165, 1.54) is 40.4 Å². The van der Waals surface area contributed by atoms with Crippen molar-refractivity contribution in [3.05, 3.63) is 28.9 Å². The Labute approximate surface area is 144 Å². The Balaban J connectivity index is 1.94. The van der Waals surface area contributed by atoms with Gasteiger partial charge in [-0.05, 0) is 45.1 Å². The van der Waals surface area contributed by atoms with Gasteiger partial charge in [-0.15, -0.1) is 17.9 Å². The molecule has 1 atom stereocenters. The minimum atomic E-state index is -0.188. The first-order chi connectivity index (χ1) is 11.1. The van der Waals surface area contributed by atoms with Crippen LogP contribution in [0.1, 0.15) is 36.0 Å². The molecule has 2 aromatic rings. The maximum atomic E-state index is 12.1. The molecule has 0 bridgehead atoms. The molecule has 3 rings (SSSR count). The highest BCUT2D eigenvalue weighted by Gasteiger charge is 2.23.